The van der Waals surface area contributed by atoms with E-state index in [0.29, 0.717) is 0 Å². The van der Waals surface area contributed by atoms with Gasteiger partial charge in [-0.2, -0.15) is 13.1 Å². The summed E-state index contributed by atoms with van der Waals surface area (Å²) in [5.74, 6) is -1.76. The summed E-state index contributed by atoms with van der Waals surface area (Å²) in [6.45, 7) is 2.89. The van der Waals surface area contributed by atoms with Crippen LogP contribution in [-0.2, 0) is 19.8 Å². The van der Waals surface area contributed by atoms with E-state index in [2.05, 4.69) is 4.72 Å². The molecule has 17 heavy (non-hydrogen) atoms. The van der Waals surface area contributed by atoms with E-state index in [-0.39, 0.29) is 12.5 Å². The Morgan fingerprint density at radius 1 is 1.18 bits per heavy atom. The lowest BCUT2D eigenvalue weighted by molar-refractivity contribution is -0.137. The van der Waals surface area contributed by atoms with Crippen molar-refractivity contribution in [3.63, 3.8) is 0 Å². The standard InChI is InChI=1S/C8H17N3O5S/c1-6(2)3-10-17(15,16)11-4-7(12)9-5-8(13)14/h6,10-11H,3-5H2,1-2H3,(H,9,12)(H,13,14). The molecule has 0 saturated carbocycles. The number of amides is 1. The number of aliphatic carboxylic acids is 1. The second kappa shape index (κ2) is 7.20. The molecule has 8 nitrogen and oxygen atoms in total. The van der Waals surface area contributed by atoms with Gasteiger partial charge in [0.15, 0.2) is 0 Å². The first-order valence-corrected chi connectivity index (χ1v) is 6.44. The number of hydrogen-bond acceptors (Lipinski definition) is 4. The summed E-state index contributed by atoms with van der Waals surface area (Å²) < 4.78 is 26.8. The average Bonchev–Trinajstić information content (AvgIpc) is 2.21. The molecular formula is C8H17N3O5S. The second-order valence-electron chi connectivity index (χ2n) is 3.74. The molecule has 0 aromatic rings. The van der Waals surface area contributed by atoms with Crippen molar-refractivity contribution in [3.8, 4) is 0 Å². The van der Waals surface area contributed by atoms with E-state index in [0.717, 1.165) is 0 Å². The molecule has 0 fully saturated rings. The zero-order valence-electron chi connectivity index (χ0n) is 9.69. The van der Waals surface area contributed by atoms with Gasteiger partial charge in [-0.1, -0.05) is 13.8 Å². The fourth-order valence-electron chi connectivity index (χ4n) is 0.725. The highest BCUT2D eigenvalue weighted by Gasteiger charge is 2.12. The topological polar surface area (TPSA) is 125 Å². The number of rotatable bonds is 8. The molecule has 0 atom stereocenters. The van der Waals surface area contributed by atoms with E-state index < -0.39 is 35.2 Å². The molecule has 0 heterocycles. The minimum absolute atomic E-state index is 0.146. The Morgan fingerprint density at radius 2 is 1.76 bits per heavy atom. The van der Waals surface area contributed by atoms with Crippen molar-refractivity contribution in [1.82, 2.24) is 14.8 Å². The van der Waals surface area contributed by atoms with Crippen molar-refractivity contribution in [1.29, 1.82) is 0 Å². The minimum Gasteiger partial charge on any atom is -0.480 e. The molecule has 0 spiro atoms. The SMILES string of the molecule is CC(C)CNS(=O)(=O)NCC(=O)NCC(=O)O. The molecular weight excluding hydrogens is 250 g/mol. The lowest BCUT2D eigenvalue weighted by atomic mass is 10.2. The van der Waals surface area contributed by atoms with Gasteiger partial charge in [0.1, 0.15) is 6.54 Å². The summed E-state index contributed by atoms with van der Waals surface area (Å²) in [7, 11) is -3.72. The highest BCUT2D eigenvalue weighted by Crippen LogP contribution is 1.88. The van der Waals surface area contributed by atoms with Crippen molar-refractivity contribution in [2.75, 3.05) is 19.6 Å². The van der Waals surface area contributed by atoms with Crippen LogP contribution in [-0.4, -0.2) is 45.0 Å². The third-order valence-electron chi connectivity index (χ3n) is 1.54. The van der Waals surface area contributed by atoms with Gasteiger partial charge in [0.05, 0.1) is 6.54 Å². The first kappa shape index (κ1) is 15.8. The number of nitrogens with one attached hydrogen (secondary N) is 3. The average molecular weight is 267 g/mol. The van der Waals surface area contributed by atoms with Crippen molar-refractivity contribution >= 4 is 22.1 Å². The molecule has 0 aliphatic heterocycles. The predicted molar refractivity (Wildman–Crippen MR) is 60.4 cm³/mol. The third-order valence-corrected chi connectivity index (χ3v) is 2.61. The molecule has 0 radical (unpaired) electrons. The van der Waals surface area contributed by atoms with Gasteiger partial charge in [-0.05, 0) is 5.92 Å². The summed E-state index contributed by atoms with van der Waals surface area (Å²) in [4.78, 5) is 21.1. The Kier molecular flexibility index (Phi) is 6.69. The Bertz CT molecular complexity index is 365. The van der Waals surface area contributed by atoms with E-state index in [9.17, 15) is 18.0 Å². The molecule has 1 amide bonds. The highest BCUT2D eigenvalue weighted by atomic mass is 32.2. The molecule has 100 valence electrons. The number of hydrogen-bond donors (Lipinski definition) is 4. The predicted octanol–water partition coefficient (Wildman–Crippen LogP) is -1.73. The van der Waals surface area contributed by atoms with Gasteiger partial charge in [-0.25, -0.2) is 4.72 Å². The monoisotopic (exact) mass is 267 g/mol. The van der Waals surface area contributed by atoms with Crippen LogP contribution in [0.15, 0.2) is 0 Å². The molecule has 0 aliphatic carbocycles. The maximum Gasteiger partial charge on any atom is 0.322 e. The quantitative estimate of drug-likeness (QED) is 0.416. The first-order valence-electron chi connectivity index (χ1n) is 4.95. The van der Waals surface area contributed by atoms with Crippen LogP contribution < -0.4 is 14.8 Å². The molecule has 0 aliphatic rings. The summed E-state index contributed by atoms with van der Waals surface area (Å²) in [6.07, 6.45) is 0. The van der Waals surface area contributed by atoms with Crippen molar-refractivity contribution in [3.05, 3.63) is 0 Å². The number of carboxylic acid groups (broad SMARTS) is 1. The first-order chi connectivity index (χ1) is 7.73. The molecule has 9 heteroatoms. The highest BCUT2D eigenvalue weighted by molar-refractivity contribution is 7.87. The van der Waals surface area contributed by atoms with Crippen molar-refractivity contribution in [2.45, 2.75) is 13.8 Å². The van der Waals surface area contributed by atoms with E-state index >= 15 is 0 Å². The number of carbonyl (C=O) groups is 2. The Hall–Kier alpha value is -1.19. The van der Waals surface area contributed by atoms with Gasteiger partial charge in [0.25, 0.3) is 10.2 Å². The Balaban J connectivity index is 3.93. The Morgan fingerprint density at radius 3 is 2.24 bits per heavy atom. The zero-order chi connectivity index (χ0) is 13.5. The maximum atomic E-state index is 11.3. The van der Waals surface area contributed by atoms with Gasteiger partial charge < -0.3 is 10.4 Å². The van der Waals surface area contributed by atoms with Crippen LogP contribution in [0, 0.1) is 5.92 Å². The van der Waals surface area contributed by atoms with Crippen LogP contribution in [0.4, 0.5) is 0 Å². The van der Waals surface area contributed by atoms with Gasteiger partial charge in [0, 0.05) is 6.54 Å². The van der Waals surface area contributed by atoms with Gasteiger partial charge in [0.2, 0.25) is 5.91 Å². The van der Waals surface area contributed by atoms with Crippen molar-refractivity contribution < 1.29 is 23.1 Å². The van der Waals surface area contributed by atoms with Crippen molar-refractivity contribution in [2.24, 2.45) is 5.92 Å². The van der Waals surface area contributed by atoms with Gasteiger partial charge in [-0.3, -0.25) is 9.59 Å². The lowest BCUT2D eigenvalue weighted by Gasteiger charge is -2.09. The number of carbonyl (C=O) groups excluding carboxylic acids is 1. The molecule has 0 aromatic carbocycles. The molecule has 0 rings (SSSR count). The molecule has 0 saturated heterocycles. The third kappa shape index (κ3) is 9.72. The molecule has 0 bridgehead atoms. The molecule has 0 unspecified atom stereocenters. The minimum atomic E-state index is -3.72. The second-order valence-corrected chi connectivity index (χ2v) is 5.32. The summed E-state index contributed by atoms with van der Waals surface area (Å²) in [5, 5.41) is 10.3. The zero-order valence-corrected chi connectivity index (χ0v) is 10.5. The van der Waals surface area contributed by atoms with Gasteiger partial charge in [-0.15, -0.1) is 0 Å². The van der Waals surface area contributed by atoms with Crippen LogP contribution in [0.5, 0.6) is 0 Å². The van der Waals surface area contributed by atoms with E-state index in [1.54, 1.807) is 0 Å². The fourth-order valence-corrected chi connectivity index (χ4v) is 1.70. The smallest absolute Gasteiger partial charge is 0.322 e. The van der Waals surface area contributed by atoms with Crippen LogP contribution >= 0.6 is 0 Å². The largest absolute Gasteiger partial charge is 0.480 e. The summed E-state index contributed by atoms with van der Waals surface area (Å²) in [6, 6.07) is 0. The fraction of sp³-hybridized carbons (Fsp3) is 0.750. The van der Waals surface area contributed by atoms with Gasteiger partial charge >= 0.3 is 5.97 Å². The number of carboxylic acids is 1. The van der Waals surface area contributed by atoms with E-state index in [1.165, 1.54) is 0 Å². The van der Waals surface area contributed by atoms with Crippen LogP contribution in [0.3, 0.4) is 0 Å². The molecule has 4 N–H and O–H groups in total. The van der Waals surface area contributed by atoms with Crippen LogP contribution in [0.1, 0.15) is 13.8 Å². The van der Waals surface area contributed by atoms with Crippen LogP contribution in [0.2, 0.25) is 0 Å². The Labute approximate surface area is 100.0 Å². The maximum absolute atomic E-state index is 11.3. The summed E-state index contributed by atoms with van der Waals surface area (Å²) in [5.41, 5.74) is 0. The normalized spacial score (nSPS) is 11.5. The molecule has 0 aromatic heterocycles. The van der Waals surface area contributed by atoms with E-state index in [4.69, 9.17) is 5.11 Å². The van der Waals surface area contributed by atoms with E-state index in [1.807, 2.05) is 23.9 Å². The van der Waals surface area contributed by atoms with Crippen LogP contribution in [0.25, 0.3) is 0 Å². The lowest BCUT2D eigenvalue weighted by Crippen LogP contribution is -2.44. The summed E-state index contributed by atoms with van der Waals surface area (Å²) >= 11 is 0.